The quantitative estimate of drug-likeness (QED) is 0.895. The molecule has 2 rings (SSSR count). The summed E-state index contributed by atoms with van der Waals surface area (Å²) in [6, 6.07) is 5.55. The Hall–Kier alpha value is -2.30. The number of hydrogen-bond donors (Lipinski definition) is 1. The summed E-state index contributed by atoms with van der Waals surface area (Å²) in [6.45, 7) is 1.54. The lowest BCUT2D eigenvalue weighted by atomic mass is 10.1. The maximum atomic E-state index is 11.1. The van der Waals surface area contributed by atoms with Gasteiger partial charge < -0.3 is 14.5 Å². The minimum absolute atomic E-state index is 0.0718. The first kappa shape index (κ1) is 13.1. The molecular formula is C14H16N2O3. The lowest BCUT2D eigenvalue weighted by molar-refractivity contribution is -0.116. The molecule has 0 atom stereocenters. The van der Waals surface area contributed by atoms with Gasteiger partial charge in [-0.2, -0.15) is 0 Å². The van der Waals surface area contributed by atoms with E-state index in [0.29, 0.717) is 18.0 Å². The highest BCUT2D eigenvalue weighted by atomic mass is 16.5. The first-order valence-electron chi connectivity index (χ1n) is 5.89. The van der Waals surface area contributed by atoms with Crippen LogP contribution in [0.25, 0.3) is 11.3 Å². The van der Waals surface area contributed by atoms with Crippen molar-refractivity contribution >= 4 is 5.78 Å². The highest BCUT2D eigenvalue weighted by molar-refractivity contribution is 5.77. The molecule has 1 N–H and O–H groups in total. The van der Waals surface area contributed by atoms with Crippen LogP contribution in [0.15, 0.2) is 24.4 Å². The van der Waals surface area contributed by atoms with Crippen molar-refractivity contribution in [2.24, 2.45) is 0 Å². The molecule has 0 amide bonds. The molecule has 0 radical (unpaired) electrons. The maximum Gasteiger partial charge on any atom is 0.137 e. The number of benzene rings is 1. The van der Waals surface area contributed by atoms with Gasteiger partial charge in [-0.25, -0.2) is 4.98 Å². The van der Waals surface area contributed by atoms with Crippen LogP contribution in [0.5, 0.6) is 11.5 Å². The molecule has 19 heavy (non-hydrogen) atoms. The number of Topliss-reactive ketones (excluding diaryl/α,β-unsaturated/α-hetero) is 1. The molecule has 0 fully saturated rings. The van der Waals surface area contributed by atoms with Crippen molar-refractivity contribution in [2.75, 3.05) is 14.2 Å². The molecule has 5 nitrogen and oxygen atoms in total. The molecule has 100 valence electrons. The van der Waals surface area contributed by atoms with Gasteiger partial charge in [0, 0.05) is 11.6 Å². The SMILES string of the molecule is COc1ccc(-c2cnc(CC(C)=O)[nH]2)c(OC)c1. The molecule has 1 heterocycles. The van der Waals surface area contributed by atoms with Crippen molar-refractivity contribution in [3.63, 3.8) is 0 Å². The highest BCUT2D eigenvalue weighted by Gasteiger charge is 2.11. The van der Waals surface area contributed by atoms with Crippen molar-refractivity contribution in [3.05, 3.63) is 30.2 Å². The number of carbonyl (C=O) groups is 1. The number of nitrogens with zero attached hydrogens (tertiary/aromatic N) is 1. The Kier molecular flexibility index (Phi) is 3.85. The minimum atomic E-state index is 0.0718. The van der Waals surface area contributed by atoms with Crippen LogP contribution in [0.2, 0.25) is 0 Å². The molecule has 5 heteroatoms. The molecule has 1 aromatic heterocycles. The first-order valence-corrected chi connectivity index (χ1v) is 5.89. The second-order valence-electron chi connectivity index (χ2n) is 4.19. The number of nitrogens with one attached hydrogen (secondary N) is 1. The molecule has 0 aliphatic rings. The number of hydrogen-bond acceptors (Lipinski definition) is 4. The van der Waals surface area contributed by atoms with Crippen molar-refractivity contribution in [1.82, 2.24) is 9.97 Å². The lowest BCUT2D eigenvalue weighted by Gasteiger charge is -2.08. The number of carbonyl (C=O) groups excluding carboxylic acids is 1. The number of methoxy groups -OCH3 is 2. The van der Waals surface area contributed by atoms with Gasteiger partial charge in [-0.3, -0.25) is 4.79 Å². The molecule has 0 aliphatic heterocycles. The zero-order valence-electron chi connectivity index (χ0n) is 11.2. The number of ketones is 1. The van der Waals surface area contributed by atoms with Gasteiger partial charge in [-0.15, -0.1) is 0 Å². The van der Waals surface area contributed by atoms with E-state index < -0.39 is 0 Å². The average molecular weight is 260 g/mol. The van der Waals surface area contributed by atoms with Crippen LogP contribution in [0.4, 0.5) is 0 Å². The Labute approximate surface area is 111 Å². The largest absolute Gasteiger partial charge is 0.497 e. The summed E-state index contributed by atoms with van der Waals surface area (Å²) >= 11 is 0. The average Bonchev–Trinajstić information content (AvgIpc) is 2.85. The van der Waals surface area contributed by atoms with Gasteiger partial charge in [0.1, 0.15) is 23.1 Å². The molecule has 0 bridgehead atoms. The topological polar surface area (TPSA) is 64.2 Å². The van der Waals surface area contributed by atoms with Crippen molar-refractivity contribution < 1.29 is 14.3 Å². The zero-order valence-corrected chi connectivity index (χ0v) is 11.2. The molecule has 1 aromatic carbocycles. The Morgan fingerprint density at radius 2 is 2.11 bits per heavy atom. The highest BCUT2D eigenvalue weighted by Crippen LogP contribution is 2.32. The third-order valence-electron chi connectivity index (χ3n) is 2.74. The molecule has 0 spiro atoms. The van der Waals surface area contributed by atoms with E-state index in [4.69, 9.17) is 9.47 Å². The fourth-order valence-corrected chi connectivity index (χ4v) is 1.85. The van der Waals surface area contributed by atoms with Crippen LogP contribution >= 0.6 is 0 Å². The second-order valence-corrected chi connectivity index (χ2v) is 4.19. The standard InChI is InChI=1S/C14H16N2O3/c1-9(17)6-14-15-8-12(16-14)11-5-4-10(18-2)7-13(11)19-3/h4-5,7-8H,6H2,1-3H3,(H,15,16). The van der Waals surface area contributed by atoms with E-state index in [0.717, 1.165) is 17.0 Å². The maximum absolute atomic E-state index is 11.1. The first-order chi connectivity index (χ1) is 9.13. The van der Waals surface area contributed by atoms with E-state index in [2.05, 4.69) is 9.97 Å². The molecule has 2 aromatic rings. The van der Waals surface area contributed by atoms with Crippen LogP contribution in [0, 0.1) is 0 Å². The summed E-state index contributed by atoms with van der Waals surface area (Å²) in [5, 5.41) is 0. The van der Waals surface area contributed by atoms with E-state index in [1.165, 1.54) is 6.92 Å². The monoisotopic (exact) mass is 260 g/mol. The predicted octanol–water partition coefficient (Wildman–Crippen LogP) is 2.23. The van der Waals surface area contributed by atoms with E-state index in [9.17, 15) is 4.79 Å². The number of rotatable bonds is 5. The number of imidazole rings is 1. The molecule has 0 saturated heterocycles. The summed E-state index contributed by atoms with van der Waals surface area (Å²) in [4.78, 5) is 18.4. The van der Waals surface area contributed by atoms with Gasteiger partial charge >= 0.3 is 0 Å². The van der Waals surface area contributed by atoms with E-state index in [1.807, 2.05) is 12.1 Å². The van der Waals surface area contributed by atoms with Gasteiger partial charge in [0.05, 0.1) is 32.5 Å². The zero-order chi connectivity index (χ0) is 13.8. The number of ether oxygens (including phenoxy) is 2. The lowest BCUT2D eigenvalue weighted by Crippen LogP contribution is -1.98. The van der Waals surface area contributed by atoms with Crippen molar-refractivity contribution in [3.8, 4) is 22.8 Å². The summed E-state index contributed by atoms with van der Waals surface area (Å²) in [6.07, 6.45) is 2.00. The number of aromatic nitrogens is 2. The summed E-state index contributed by atoms with van der Waals surface area (Å²) in [7, 11) is 3.21. The Bertz CT molecular complexity index is 590. The van der Waals surface area contributed by atoms with Crippen molar-refractivity contribution in [2.45, 2.75) is 13.3 Å². The van der Waals surface area contributed by atoms with Gasteiger partial charge in [0.15, 0.2) is 0 Å². The number of H-pyrrole nitrogens is 1. The smallest absolute Gasteiger partial charge is 0.137 e. The fraction of sp³-hybridized carbons (Fsp3) is 0.286. The van der Waals surface area contributed by atoms with Crippen LogP contribution in [-0.4, -0.2) is 30.0 Å². The molecule has 0 saturated carbocycles. The molecule has 0 unspecified atom stereocenters. The predicted molar refractivity (Wildman–Crippen MR) is 71.5 cm³/mol. The molecule has 0 aliphatic carbocycles. The Morgan fingerprint density at radius 1 is 1.32 bits per heavy atom. The Morgan fingerprint density at radius 3 is 2.74 bits per heavy atom. The van der Waals surface area contributed by atoms with E-state index in [1.54, 1.807) is 26.5 Å². The summed E-state index contributed by atoms with van der Waals surface area (Å²) in [5.74, 6) is 2.14. The number of aromatic amines is 1. The van der Waals surface area contributed by atoms with Gasteiger partial charge in [-0.05, 0) is 19.1 Å². The van der Waals surface area contributed by atoms with Crippen LogP contribution in [-0.2, 0) is 11.2 Å². The van der Waals surface area contributed by atoms with Gasteiger partial charge in [0.25, 0.3) is 0 Å². The normalized spacial score (nSPS) is 10.3. The van der Waals surface area contributed by atoms with E-state index in [-0.39, 0.29) is 5.78 Å². The Balaban J connectivity index is 2.35. The third kappa shape index (κ3) is 2.93. The van der Waals surface area contributed by atoms with E-state index >= 15 is 0 Å². The van der Waals surface area contributed by atoms with Gasteiger partial charge in [0.2, 0.25) is 0 Å². The molecular weight excluding hydrogens is 244 g/mol. The summed E-state index contributed by atoms with van der Waals surface area (Å²) in [5.41, 5.74) is 1.70. The second kappa shape index (κ2) is 5.56. The fourth-order valence-electron chi connectivity index (χ4n) is 1.85. The summed E-state index contributed by atoms with van der Waals surface area (Å²) < 4.78 is 10.5. The van der Waals surface area contributed by atoms with Crippen LogP contribution in [0.3, 0.4) is 0 Å². The van der Waals surface area contributed by atoms with Crippen LogP contribution in [0.1, 0.15) is 12.7 Å². The van der Waals surface area contributed by atoms with Crippen molar-refractivity contribution in [1.29, 1.82) is 0 Å². The minimum Gasteiger partial charge on any atom is -0.497 e. The van der Waals surface area contributed by atoms with Gasteiger partial charge in [-0.1, -0.05) is 0 Å². The third-order valence-corrected chi connectivity index (χ3v) is 2.74. The van der Waals surface area contributed by atoms with Crippen LogP contribution < -0.4 is 9.47 Å².